The van der Waals surface area contributed by atoms with E-state index >= 15 is 0 Å². The highest BCUT2D eigenvalue weighted by atomic mass is 35.5. The number of benzene rings is 1. The largest absolute Gasteiger partial charge is 0.497 e. The zero-order valence-electron chi connectivity index (χ0n) is 8.37. The van der Waals surface area contributed by atoms with Gasteiger partial charge in [-0.1, -0.05) is 11.6 Å². The maximum Gasteiger partial charge on any atom is 0.143 e. The summed E-state index contributed by atoms with van der Waals surface area (Å²) >= 11 is 5.94. The normalized spacial score (nSPS) is 12.4. The molecule has 0 aliphatic carbocycles. The Morgan fingerprint density at radius 2 is 1.93 bits per heavy atom. The maximum absolute atomic E-state index is 9.49. The first-order valence-electron chi connectivity index (χ1n) is 4.19. The Kier molecular flexibility index (Phi) is 3.61. The predicted molar refractivity (Wildman–Crippen MR) is 55.2 cm³/mol. The molecule has 1 aromatic carbocycles. The molecule has 1 atom stereocenters. The van der Waals surface area contributed by atoms with Gasteiger partial charge in [-0.05, 0) is 13.0 Å². The fraction of sp³-hybridized carbons (Fsp3) is 0.400. The standard InChI is InChI=1S/C10H13ClO3/c1-6(12)8-4-7(13-2)5-9(11)10(8)14-3/h4-6,12H,1-3H3. The van der Waals surface area contributed by atoms with Crippen LogP contribution in [-0.4, -0.2) is 19.3 Å². The van der Waals surface area contributed by atoms with Gasteiger partial charge in [-0.15, -0.1) is 0 Å². The molecule has 3 nitrogen and oxygen atoms in total. The highest BCUT2D eigenvalue weighted by Crippen LogP contribution is 2.36. The summed E-state index contributed by atoms with van der Waals surface area (Å²) in [5.41, 5.74) is 0.622. The van der Waals surface area contributed by atoms with Crippen LogP contribution in [0, 0.1) is 0 Å². The van der Waals surface area contributed by atoms with Gasteiger partial charge in [-0.3, -0.25) is 0 Å². The molecule has 0 amide bonds. The van der Waals surface area contributed by atoms with Gasteiger partial charge in [0.25, 0.3) is 0 Å². The second-order valence-electron chi connectivity index (χ2n) is 2.91. The number of methoxy groups -OCH3 is 2. The molecule has 0 fully saturated rings. The summed E-state index contributed by atoms with van der Waals surface area (Å²) in [4.78, 5) is 0. The van der Waals surface area contributed by atoms with Crippen LogP contribution in [0.5, 0.6) is 11.5 Å². The second kappa shape index (κ2) is 4.53. The Bertz CT molecular complexity index is 323. The first-order valence-corrected chi connectivity index (χ1v) is 4.57. The summed E-state index contributed by atoms with van der Waals surface area (Å²) in [6, 6.07) is 3.35. The van der Waals surface area contributed by atoms with E-state index in [2.05, 4.69) is 0 Å². The van der Waals surface area contributed by atoms with Crippen LogP contribution in [0.15, 0.2) is 12.1 Å². The molecule has 1 N–H and O–H groups in total. The third-order valence-corrected chi connectivity index (χ3v) is 2.22. The lowest BCUT2D eigenvalue weighted by Crippen LogP contribution is -1.98. The lowest BCUT2D eigenvalue weighted by molar-refractivity contribution is 0.194. The van der Waals surface area contributed by atoms with E-state index in [1.54, 1.807) is 26.2 Å². The molecule has 0 heterocycles. The van der Waals surface area contributed by atoms with Gasteiger partial charge in [0.1, 0.15) is 11.5 Å². The van der Waals surface area contributed by atoms with Crippen LogP contribution < -0.4 is 9.47 Å². The second-order valence-corrected chi connectivity index (χ2v) is 3.31. The molecule has 0 aliphatic heterocycles. The van der Waals surface area contributed by atoms with Crippen LogP contribution in [-0.2, 0) is 0 Å². The summed E-state index contributed by atoms with van der Waals surface area (Å²) in [6.45, 7) is 1.65. The fourth-order valence-electron chi connectivity index (χ4n) is 1.23. The first-order chi connectivity index (χ1) is 6.60. The van der Waals surface area contributed by atoms with Gasteiger partial charge in [0, 0.05) is 11.6 Å². The summed E-state index contributed by atoms with van der Waals surface area (Å²) in [7, 11) is 3.06. The molecule has 1 rings (SSSR count). The number of rotatable bonds is 3. The minimum absolute atomic E-state index is 0.433. The Morgan fingerprint density at radius 3 is 2.36 bits per heavy atom. The molecule has 0 saturated heterocycles. The molecule has 1 aromatic rings. The fourth-order valence-corrected chi connectivity index (χ4v) is 1.53. The smallest absolute Gasteiger partial charge is 0.143 e. The van der Waals surface area contributed by atoms with E-state index in [-0.39, 0.29) is 0 Å². The van der Waals surface area contributed by atoms with Crippen LogP contribution in [0.25, 0.3) is 0 Å². The average molecular weight is 217 g/mol. The Hall–Kier alpha value is -0.930. The zero-order valence-corrected chi connectivity index (χ0v) is 9.13. The van der Waals surface area contributed by atoms with Crippen LogP contribution in [0.2, 0.25) is 5.02 Å². The monoisotopic (exact) mass is 216 g/mol. The van der Waals surface area contributed by atoms with Gasteiger partial charge in [0.2, 0.25) is 0 Å². The molecule has 0 saturated carbocycles. The van der Waals surface area contributed by atoms with Crippen LogP contribution in [0.3, 0.4) is 0 Å². The number of halogens is 1. The van der Waals surface area contributed by atoms with Crippen molar-refractivity contribution in [2.24, 2.45) is 0 Å². The minimum Gasteiger partial charge on any atom is -0.497 e. The molecule has 0 aliphatic rings. The number of hydrogen-bond donors (Lipinski definition) is 1. The number of aliphatic hydroxyl groups is 1. The number of aliphatic hydroxyl groups excluding tert-OH is 1. The summed E-state index contributed by atoms with van der Waals surface area (Å²) in [5.74, 6) is 1.09. The van der Waals surface area contributed by atoms with Crippen LogP contribution in [0.4, 0.5) is 0 Å². The molecule has 14 heavy (non-hydrogen) atoms. The van der Waals surface area contributed by atoms with Gasteiger partial charge in [0.15, 0.2) is 0 Å². The van der Waals surface area contributed by atoms with Crippen molar-refractivity contribution in [1.29, 1.82) is 0 Å². The van der Waals surface area contributed by atoms with Crippen LogP contribution in [0.1, 0.15) is 18.6 Å². The van der Waals surface area contributed by atoms with Gasteiger partial charge in [-0.2, -0.15) is 0 Å². The van der Waals surface area contributed by atoms with Gasteiger partial charge >= 0.3 is 0 Å². The molecule has 0 aromatic heterocycles. The molecule has 1 unspecified atom stereocenters. The van der Waals surface area contributed by atoms with Crippen molar-refractivity contribution in [2.45, 2.75) is 13.0 Å². The molecular formula is C10H13ClO3. The maximum atomic E-state index is 9.49. The van der Waals surface area contributed by atoms with Crippen molar-refractivity contribution in [2.75, 3.05) is 14.2 Å². The van der Waals surface area contributed by atoms with Crippen molar-refractivity contribution in [3.8, 4) is 11.5 Å². The minimum atomic E-state index is -0.641. The zero-order chi connectivity index (χ0) is 10.7. The van der Waals surface area contributed by atoms with Gasteiger partial charge in [0.05, 0.1) is 25.3 Å². The molecule has 4 heteroatoms. The van der Waals surface area contributed by atoms with Crippen molar-refractivity contribution in [1.82, 2.24) is 0 Å². The molecular weight excluding hydrogens is 204 g/mol. The molecule has 78 valence electrons. The Morgan fingerprint density at radius 1 is 1.29 bits per heavy atom. The van der Waals surface area contributed by atoms with E-state index in [0.29, 0.717) is 22.1 Å². The molecule has 0 radical (unpaired) electrons. The third-order valence-electron chi connectivity index (χ3n) is 1.94. The Labute approximate surface area is 88.2 Å². The van der Waals surface area contributed by atoms with Crippen molar-refractivity contribution >= 4 is 11.6 Å². The highest BCUT2D eigenvalue weighted by Gasteiger charge is 2.14. The lowest BCUT2D eigenvalue weighted by atomic mass is 10.1. The summed E-state index contributed by atoms with van der Waals surface area (Å²) in [6.07, 6.45) is -0.641. The predicted octanol–water partition coefficient (Wildman–Crippen LogP) is 2.41. The van der Waals surface area contributed by atoms with Gasteiger partial charge in [-0.25, -0.2) is 0 Å². The van der Waals surface area contributed by atoms with E-state index < -0.39 is 6.10 Å². The van der Waals surface area contributed by atoms with Gasteiger partial charge < -0.3 is 14.6 Å². The SMILES string of the molecule is COc1cc(Cl)c(OC)c(C(C)O)c1. The summed E-state index contributed by atoms with van der Waals surface area (Å²) in [5, 5.41) is 9.92. The van der Waals surface area contributed by atoms with E-state index in [9.17, 15) is 5.11 Å². The van der Waals surface area contributed by atoms with Crippen molar-refractivity contribution in [3.05, 3.63) is 22.7 Å². The number of ether oxygens (including phenoxy) is 2. The number of hydrogen-bond acceptors (Lipinski definition) is 3. The topological polar surface area (TPSA) is 38.7 Å². The Balaban J connectivity index is 3.28. The summed E-state index contributed by atoms with van der Waals surface area (Å²) < 4.78 is 10.1. The van der Waals surface area contributed by atoms with E-state index in [1.807, 2.05) is 0 Å². The average Bonchev–Trinajstić information content (AvgIpc) is 2.16. The van der Waals surface area contributed by atoms with E-state index in [0.717, 1.165) is 0 Å². The van der Waals surface area contributed by atoms with Crippen molar-refractivity contribution in [3.63, 3.8) is 0 Å². The van der Waals surface area contributed by atoms with Crippen LogP contribution >= 0.6 is 11.6 Å². The highest BCUT2D eigenvalue weighted by molar-refractivity contribution is 6.32. The van der Waals surface area contributed by atoms with E-state index in [4.69, 9.17) is 21.1 Å². The first kappa shape index (κ1) is 11.1. The quantitative estimate of drug-likeness (QED) is 0.844. The molecule has 0 spiro atoms. The van der Waals surface area contributed by atoms with Crippen molar-refractivity contribution < 1.29 is 14.6 Å². The molecule has 0 bridgehead atoms. The van der Waals surface area contributed by atoms with E-state index in [1.165, 1.54) is 7.11 Å². The lowest BCUT2D eigenvalue weighted by Gasteiger charge is -2.14. The third kappa shape index (κ3) is 2.11.